The number of rotatable bonds is 6. The Morgan fingerprint density at radius 1 is 0.972 bits per heavy atom. The fourth-order valence-corrected chi connectivity index (χ4v) is 5.16. The molecule has 1 fully saturated rings. The highest BCUT2D eigenvalue weighted by molar-refractivity contribution is 7.90. The number of fused-ring (bicyclic) bond motifs is 1. The Labute approximate surface area is 209 Å². The van der Waals surface area contributed by atoms with Gasteiger partial charge in [0.2, 0.25) is 0 Å². The van der Waals surface area contributed by atoms with Crippen LogP contribution in [0.2, 0.25) is 0 Å². The third-order valence-electron chi connectivity index (χ3n) is 6.25. The zero-order chi connectivity index (χ0) is 25.4. The molecular weight excluding hydrogens is 478 g/mol. The number of benzene rings is 1. The largest absolute Gasteiger partial charge is 0.374 e. The Balaban J connectivity index is 1.54. The van der Waals surface area contributed by atoms with Gasteiger partial charge in [0.15, 0.2) is 15.5 Å². The van der Waals surface area contributed by atoms with E-state index < -0.39 is 9.84 Å². The minimum atomic E-state index is -3.53. The molecule has 4 aromatic rings. The molecule has 1 aliphatic rings. The second-order valence-corrected chi connectivity index (χ2v) is 11.1. The van der Waals surface area contributed by atoms with Crippen LogP contribution < -0.4 is 10.6 Å². The predicted octanol–water partition coefficient (Wildman–Crippen LogP) is 4.81. The molecule has 4 heterocycles. The summed E-state index contributed by atoms with van der Waals surface area (Å²) in [5, 5.41) is 6.48. The lowest BCUT2D eigenvalue weighted by molar-refractivity contribution is 0.0148. The molecule has 0 unspecified atom stereocenters. The van der Waals surface area contributed by atoms with Crippen molar-refractivity contribution in [3.05, 3.63) is 53.2 Å². The van der Waals surface area contributed by atoms with Gasteiger partial charge in [0.1, 0.15) is 23.0 Å². The molecule has 11 heteroatoms. The average molecular weight is 508 g/mol. The number of aromatic nitrogens is 5. The Kier molecular flexibility index (Phi) is 6.35. The van der Waals surface area contributed by atoms with Gasteiger partial charge in [-0.25, -0.2) is 23.4 Å². The summed E-state index contributed by atoms with van der Waals surface area (Å²) in [6.45, 7) is 6.32. The second-order valence-electron chi connectivity index (χ2n) is 9.13. The highest BCUT2D eigenvalue weighted by Gasteiger charge is 2.22. The van der Waals surface area contributed by atoms with Crippen molar-refractivity contribution < 1.29 is 13.2 Å². The molecule has 1 aliphatic heterocycles. The van der Waals surface area contributed by atoms with Crippen molar-refractivity contribution in [2.45, 2.75) is 51.0 Å². The van der Waals surface area contributed by atoms with Crippen LogP contribution in [0.15, 0.2) is 35.4 Å². The zero-order valence-corrected chi connectivity index (χ0v) is 21.5. The summed E-state index contributed by atoms with van der Waals surface area (Å²) in [4.78, 5) is 21.4. The molecule has 0 amide bonds. The van der Waals surface area contributed by atoms with Gasteiger partial charge in [0, 0.05) is 18.9 Å². The van der Waals surface area contributed by atoms with Gasteiger partial charge >= 0.3 is 0 Å². The summed E-state index contributed by atoms with van der Waals surface area (Å²) in [6.07, 6.45) is 5.74. The number of nitrogens with one attached hydrogen (secondary N) is 3. The number of pyridine rings is 1. The molecule has 0 saturated carbocycles. The highest BCUT2D eigenvalue weighted by Crippen LogP contribution is 2.35. The first-order valence-corrected chi connectivity index (χ1v) is 13.7. The molecule has 0 bridgehead atoms. The van der Waals surface area contributed by atoms with E-state index in [9.17, 15) is 8.42 Å². The van der Waals surface area contributed by atoms with Crippen LogP contribution >= 0.6 is 0 Å². The number of aryl methyl sites for hydroxylation is 3. The number of nitrogens with zero attached hydrogens (tertiary/aromatic N) is 4. The molecular formula is C25H29N7O3S. The molecule has 3 aromatic heterocycles. The Hall–Kier alpha value is -3.57. The molecule has 1 saturated heterocycles. The van der Waals surface area contributed by atoms with E-state index >= 15 is 0 Å². The third kappa shape index (κ3) is 5.02. The van der Waals surface area contributed by atoms with E-state index in [1.54, 1.807) is 24.4 Å². The molecule has 10 nitrogen and oxygen atoms in total. The van der Waals surface area contributed by atoms with Gasteiger partial charge in [0.05, 0.1) is 40.0 Å². The minimum absolute atomic E-state index is 0.0928. The first kappa shape index (κ1) is 24.1. The van der Waals surface area contributed by atoms with Gasteiger partial charge in [-0.3, -0.25) is 4.98 Å². The molecule has 36 heavy (non-hydrogen) atoms. The number of H-pyrrole nitrogens is 1. The molecule has 5 rings (SSSR count). The maximum absolute atomic E-state index is 12.8. The van der Waals surface area contributed by atoms with Crippen molar-refractivity contribution in [1.82, 2.24) is 24.9 Å². The topological polar surface area (TPSA) is 135 Å². The molecule has 1 atom stereocenters. The quantitative estimate of drug-likeness (QED) is 0.336. The van der Waals surface area contributed by atoms with Crippen molar-refractivity contribution in [2.75, 3.05) is 23.5 Å². The van der Waals surface area contributed by atoms with E-state index in [0.29, 0.717) is 46.6 Å². The fourth-order valence-electron chi connectivity index (χ4n) is 4.30. The van der Waals surface area contributed by atoms with Crippen LogP contribution in [0.5, 0.6) is 0 Å². The van der Waals surface area contributed by atoms with Gasteiger partial charge in [-0.05, 0) is 57.7 Å². The summed E-state index contributed by atoms with van der Waals surface area (Å²) < 4.78 is 31.4. The third-order valence-corrected chi connectivity index (χ3v) is 7.38. The van der Waals surface area contributed by atoms with Gasteiger partial charge in [-0.1, -0.05) is 6.07 Å². The summed E-state index contributed by atoms with van der Waals surface area (Å²) in [5.74, 6) is 1.76. The van der Waals surface area contributed by atoms with Crippen molar-refractivity contribution >= 4 is 44.0 Å². The van der Waals surface area contributed by atoms with E-state index in [1.807, 2.05) is 26.8 Å². The van der Waals surface area contributed by atoms with Crippen molar-refractivity contribution in [3.8, 4) is 0 Å². The Bertz CT molecular complexity index is 1540. The molecule has 3 N–H and O–H groups in total. The number of hydrogen-bond donors (Lipinski definition) is 3. The maximum atomic E-state index is 12.8. The first-order valence-electron chi connectivity index (χ1n) is 11.8. The van der Waals surface area contributed by atoms with Crippen LogP contribution in [-0.4, -0.2) is 46.2 Å². The Morgan fingerprint density at radius 3 is 2.53 bits per heavy atom. The van der Waals surface area contributed by atoms with E-state index in [4.69, 9.17) is 4.74 Å². The van der Waals surface area contributed by atoms with Gasteiger partial charge in [-0.15, -0.1) is 0 Å². The molecule has 0 aliphatic carbocycles. The predicted molar refractivity (Wildman–Crippen MR) is 139 cm³/mol. The number of sulfone groups is 1. The van der Waals surface area contributed by atoms with Crippen LogP contribution in [0.25, 0.3) is 11.2 Å². The number of imidazole rings is 1. The van der Waals surface area contributed by atoms with Gasteiger partial charge < -0.3 is 20.4 Å². The lowest BCUT2D eigenvalue weighted by Crippen LogP contribution is -2.13. The van der Waals surface area contributed by atoms with Crippen molar-refractivity contribution in [2.24, 2.45) is 0 Å². The number of hydrogen-bond acceptors (Lipinski definition) is 9. The SMILES string of the molecule is Cc1nc2c(Nc3ccc([C@H]4CCCCO4)cc3S(C)(=O)=O)cc(Nc3cnc(C)c(C)n3)nc2[nH]1. The highest BCUT2D eigenvalue weighted by atomic mass is 32.2. The lowest BCUT2D eigenvalue weighted by Gasteiger charge is -2.24. The van der Waals surface area contributed by atoms with Crippen LogP contribution in [-0.2, 0) is 14.6 Å². The fraction of sp³-hybridized carbons (Fsp3) is 0.360. The summed E-state index contributed by atoms with van der Waals surface area (Å²) in [6, 6.07) is 7.21. The van der Waals surface area contributed by atoms with E-state index in [0.717, 1.165) is 36.2 Å². The molecule has 1 aromatic carbocycles. The zero-order valence-electron chi connectivity index (χ0n) is 20.7. The first-order chi connectivity index (χ1) is 17.2. The van der Waals surface area contributed by atoms with Gasteiger partial charge in [-0.2, -0.15) is 0 Å². The number of anilines is 4. The standard InChI is InChI=1S/C25H29N7O3S/c1-14-15(2)27-23(13-26-14)31-22-12-19(24-25(32-22)29-16(3)28-24)30-18-9-8-17(11-21(18)36(4,33)34)20-7-5-6-10-35-20/h8-9,11-13,20H,5-7,10H2,1-4H3,(H3,27,28,29,30,31,32)/t20-/m1/s1. The smallest absolute Gasteiger partial charge is 0.177 e. The normalized spacial score (nSPS) is 16.3. The van der Waals surface area contributed by atoms with Crippen molar-refractivity contribution in [1.29, 1.82) is 0 Å². The van der Waals surface area contributed by atoms with Crippen LogP contribution in [0, 0.1) is 20.8 Å². The van der Waals surface area contributed by atoms with E-state index in [-0.39, 0.29) is 11.0 Å². The van der Waals surface area contributed by atoms with E-state index in [2.05, 4.69) is 35.6 Å². The van der Waals surface area contributed by atoms with Gasteiger partial charge in [0.25, 0.3) is 0 Å². The van der Waals surface area contributed by atoms with Crippen molar-refractivity contribution in [3.63, 3.8) is 0 Å². The summed E-state index contributed by atoms with van der Waals surface area (Å²) in [5.41, 5.74) is 4.76. The second kappa shape index (κ2) is 9.47. The molecule has 0 spiro atoms. The maximum Gasteiger partial charge on any atom is 0.177 e. The van der Waals surface area contributed by atoms with Crippen LogP contribution in [0.4, 0.5) is 23.0 Å². The van der Waals surface area contributed by atoms with Crippen LogP contribution in [0.1, 0.15) is 48.1 Å². The summed E-state index contributed by atoms with van der Waals surface area (Å²) >= 11 is 0. The minimum Gasteiger partial charge on any atom is -0.374 e. The van der Waals surface area contributed by atoms with E-state index in [1.165, 1.54) is 6.26 Å². The monoisotopic (exact) mass is 507 g/mol. The summed E-state index contributed by atoms with van der Waals surface area (Å²) in [7, 11) is -3.53. The average Bonchev–Trinajstić information content (AvgIpc) is 3.22. The lowest BCUT2D eigenvalue weighted by atomic mass is 10.0. The number of aromatic amines is 1. The molecule has 0 radical (unpaired) electrons. The van der Waals surface area contributed by atoms with Crippen LogP contribution in [0.3, 0.4) is 0 Å². The Morgan fingerprint density at radius 2 is 1.81 bits per heavy atom. The number of ether oxygens (including phenoxy) is 1. The molecule has 188 valence electrons.